The highest BCUT2D eigenvalue weighted by Gasteiger charge is 2.23. The average molecular weight is 466 g/mol. The van der Waals surface area contributed by atoms with Crippen molar-refractivity contribution in [3.05, 3.63) is 26.7 Å². The molecule has 0 radical (unpaired) electrons. The Bertz CT molecular complexity index is 654. The molecular weight excluding hydrogens is 448 g/mol. The van der Waals surface area contributed by atoms with Crippen molar-refractivity contribution in [2.45, 2.75) is 20.8 Å². The molecular formula is C16H18Br2O6. The van der Waals surface area contributed by atoms with E-state index in [-0.39, 0.29) is 20.3 Å². The van der Waals surface area contributed by atoms with Gasteiger partial charge in [0.1, 0.15) is 10.2 Å². The summed E-state index contributed by atoms with van der Waals surface area (Å²) in [5, 5.41) is 9.01. The fraction of sp³-hybridized carbons (Fsp3) is 0.375. The molecule has 132 valence electrons. The van der Waals surface area contributed by atoms with Crippen molar-refractivity contribution in [3.63, 3.8) is 0 Å². The Balaban J connectivity index is 3.48. The summed E-state index contributed by atoms with van der Waals surface area (Å²) in [7, 11) is 0. The number of rotatable bonds is 9. The molecule has 0 aromatic heterocycles. The molecule has 0 aliphatic rings. The van der Waals surface area contributed by atoms with Crippen LogP contribution in [0.15, 0.2) is 21.1 Å². The molecule has 0 bridgehead atoms. The minimum absolute atomic E-state index is 0.123. The van der Waals surface area contributed by atoms with Crippen LogP contribution < -0.4 is 14.2 Å². The topological polar surface area (TPSA) is 82.1 Å². The second kappa shape index (κ2) is 9.68. The molecule has 0 amide bonds. The van der Waals surface area contributed by atoms with Gasteiger partial charge in [-0.05, 0) is 58.7 Å². The minimum Gasteiger partial charge on any atom is -0.493 e. The maximum absolute atomic E-state index is 12.6. The number of hydrogen-bond acceptors (Lipinski definition) is 5. The number of ketones is 1. The lowest BCUT2D eigenvalue weighted by atomic mass is 10.1. The molecule has 8 heteroatoms. The first-order valence-corrected chi connectivity index (χ1v) is 8.85. The lowest BCUT2D eigenvalue weighted by molar-refractivity contribution is -0.131. The van der Waals surface area contributed by atoms with Gasteiger partial charge in [0.05, 0.1) is 29.9 Å². The van der Waals surface area contributed by atoms with Crippen LogP contribution in [-0.2, 0) is 4.79 Å². The second-order valence-corrected chi connectivity index (χ2v) is 5.94. The molecule has 1 rings (SSSR count). The quantitative estimate of drug-likeness (QED) is 0.435. The van der Waals surface area contributed by atoms with Crippen LogP contribution >= 0.6 is 31.9 Å². The van der Waals surface area contributed by atoms with Crippen molar-refractivity contribution in [2.75, 3.05) is 19.8 Å². The Kier molecular flexibility index (Phi) is 8.27. The van der Waals surface area contributed by atoms with Crippen LogP contribution in [0.1, 0.15) is 31.1 Å². The largest absolute Gasteiger partial charge is 0.493 e. The molecule has 0 aliphatic carbocycles. The van der Waals surface area contributed by atoms with Gasteiger partial charge in [-0.1, -0.05) is 0 Å². The number of carbonyl (C=O) groups excluding carboxylic acids is 1. The molecule has 0 fully saturated rings. The minimum atomic E-state index is -1.26. The van der Waals surface area contributed by atoms with Crippen LogP contribution in [0.5, 0.6) is 17.2 Å². The van der Waals surface area contributed by atoms with Gasteiger partial charge in [-0.2, -0.15) is 0 Å². The smallest absolute Gasteiger partial charge is 0.344 e. The van der Waals surface area contributed by atoms with Gasteiger partial charge in [0, 0.05) is 6.07 Å². The summed E-state index contributed by atoms with van der Waals surface area (Å²) in [4.78, 5) is 23.7. The fourth-order valence-corrected chi connectivity index (χ4v) is 2.41. The number of benzene rings is 1. The van der Waals surface area contributed by atoms with E-state index in [1.807, 2.05) is 13.8 Å². The summed E-state index contributed by atoms with van der Waals surface area (Å²) in [6.07, 6.45) is 0. The zero-order chi connectivity index (χ0) is 18.3. The van der Waals surface area contributed by atoms with Crippen molar-refractivity contribution >= 4 is 43.6 Å². The molecule has 1 N–H and O–H groups in total. The number of carbonyl (C=O) groups is 2. The van der Waals surface area contributed by atoms with Crippen LogP contribution in [0, 0.1) is 0 Å². The molecule has 0 spiro atoms. The normalized spacial score (nSPS) is 11.5. The van der Waals surface area contributed by atoms with E-state index in [1.165, 1.54) is 6.07 Å². The summed E-state index contributed by atoms with van der Waals surface area (Å²) in [6, 6.07) is 3.06. The fourth-order valence-electron chi connectivity index (χ4n) is 1.84. The number of halogens is 2. The zero-order valence-corrected chi connectivity index (χ0v) is 16.7. The van der Waals surface area contributed by atoms with E-state index in [1.54, 1.807) is 13.0 Å². The molecule has 0 saturated carbocycles. The Morgan fingerprint density at radius 1 is 0.875 bits per heavy atom. The molecule has 1 aromatic carbocycles. The van der Waals surface area contributed by atoms with E-state index in [4.69, 9.17) is 19.3 Å². The van der Waals surface area contributed by atoms with Gasteiger partial charge in [0.2, 0.25) is 5.78 Å². The van der Waals surface area contributed by atoms with Gasteiger partial charge in [0.15, 0.2) is 11.5 Å². The van der Waals surface area contributed by atoms with Crippen molar-refractivity contribution in [2.24, 2.45) is 0 Å². The number of carboxylic acids is 1. The molecule has 1 aromatic rings. The van der Waals surface area contributed by atoms with E-state index < -0.39 is 11.8 Å². The predicted octanol–water partition coefficient (Wildman–Crippen LogP) is 4.15. The number of aliphatic carboxylic acids is 1. The zero-order valence-electron chi connectivity index (χ0n) is 13.5. The third-order valence-corrected chi connectivity index (χ3v) is 4.79. The van der Waals surface area contributed by atoms with Gasteiger partial charge in [-0.3, -0.25) is 4.79 Å². The SMILES string of the molecule is CCOc1cc(OCC)c(C(=O)/C(Br)=C(\Br)C(=O)O)cc1OCC. The summed E-state index contributed by atoms with van der Waals surface area (Å²) < 4.78 is 16.1. The van der Waals surface area contributed by atoms with Crippen molar-refractivity contribution in [1.29, 1.82) is 0 Å². The first kappa shape index (κ1) is 20.5. The molecule has 0 aliphatic heterocycles. The predicted molar refractivity (Wildman–Crippen MR) is 96.8 cm³/mol. The second-order valence-electron chi connectivity index (χ2n) is 4.36. The van der Waals surface area contributed by atoms with Gasteiger partial charge in [-0.25, -0.2) is 4.79 Å². The van der Waals surface area contributed by atoms with Crippen LogP contribution in [0.4, 0.5) is 0 Å². The van der Waals surface area contributed by atoms with E-state index in [9.17, 15) is 9.59 Å². The third kappa shape index (κ3) is 4.98. The monoisotopic (exact) mass is 464 g/mol. The number of Topliss-reactive ketones (excluding diaryl/α,β-unsaturated/α-hetero) is 1. The standard InChI is InChI=1S/C16H18Br2O6/c1-4-22-10-8-12(24-6-3)11(23-5-2)7-9(10)15(19)13(17)14(18)16(20)21/h7-8H,4-6H2,1-3H3,(H,20,21)/b14-13+. The van der Waals surface area contributed by atoms with Crippen LogP contribution in [0.3, 0.4) is 0 Å². The highest BCUT2D eigenvalue weighted by molar-refractivity contribution is 9.14. The Morgan fingerprint density at radius 3 is 1.79 bits per heavy atom. The number of carboxylic acid groups (broad SMARTS) is 1. The van der Waals surface area contributed by atoms with Crippen LogP contribution in [-0.4, -0.2) is 36.7 Å². The van der Waals surface area contributed by atoms with Crippen LogP contribution in [0.25, 0.3) is 0 Å². The molecule has 24 heavy (non-hydrogen) atoms. The molecule has 0 heterocycles. The lowest BCUT2D eigenvalue weighted by Crippen LogP contribution is -2.09. The first-order chi connectivity index (χ1) is 11.4. The van der Waals surface area contributed by atoms with E-state index in [0.717, 1.165) is 0 Å². The average Bonchev–Trinajstić information content (AvgIpc) is 2.55. The van der Waals surface area contributed by atoms with E-state index >= 15 is 0 Å². The number of allylic oxidation sites excluding steroid dienone is 1. The summed E-state index contributed by atoms with van der Waals surface area (Å²) in [6.45, 7) is 6.57. The highest BCUT2D eigenvalue weighted by Crippen LogP contribution is 2.37. The van der Waals surface area contributed by atoms with Crippen molar-refractivity contribution in [1.82, 2.24) is 0 Å². The molecule has 6 nitrogen and oxygen atoms in total. The van der Waals surface area contributed by atoms with Gasteiger partial charge in [-0.15, -0.1) is 0 Å². The van der Waals surface area contributed by atoms with E-state index in [2.05, 4.69) is 31.9 Å². The maximum Gasteiger partial charge on any atom is 0.344 e. The molecule has 0 atom stereocenters. The van der Waals surface area contributed by atoms with E-state index in [0.29, 0.717) is 31.3 Å². The Labute approximate surface area is 157 Å². The highest BCUT2D eigenvalue weighted by atomic mass is 79.9. The van der Waals surface area contributed by atoms with Crippen molar-refractivity contribution < 1.29 is 28.9 Å². The molecule has 0 saturated heterocycles. The first-order valence-electron chi connectivity index (χ1n) is 7.26. The molecule has 0 unspecified atom stereocenters. The Morgan fingerprint density at radius 2 is 1.33 bits per heavy atom. The summed E-state index contributed by atoms with van der Waals surface area (Å²) in [5.41, 5.74) is 0.175. The number of ether oxygens (including phenoxy) is 3. The van der Waals surface area contributed by atoms with Gasteiger partial charge in [0.25, 0.3) is 0 Å². The number of hydrogen-bond donors (Lipinski definition) is 1. The maximum atomic E-state index is 12.6. The summed E-state index contributed by atoms with van der Waals surface area (Å²) >= 11 is 5.89. The van der Waals surface area contributed by atoms with Gasteiger partial charge < -0.3 is 19.3 Å². The summed E-state index contributed by atoms with van der Waals surface area (Å²) in [5.74, 6) is -0.674. The third-order valence-electron chi connectivity index (χ3n) is 2.77. The van der Waals surface area contributed by atoms with Crippen molar-refractivity contribution in [3.8, 4) is 17.2 Å². The van der Waals surface area contributed by atoms with Gasteiger partial charge >= 0.3 is 5.97 Å². The lowest BCUT2D eigenvalue weighted by Gasteiger charge is -2.16. The van der Waals surface area contributed by atoms with Crippen LogP contribution in [0.2, 0.25) is 0 Å². The Hall–Kier alpha value is -1.54.